The van der Waals surface area contributed by atoms with Gasteiger partial charge in [-0.3, -0.25) is 4.79 Å². The van der Waals surface area contributed by atoms with Crippen LogP contribution in [0.3, 0.4) is 0 Å². The molecule has 120 valence electrons. The lowest BCUT2D eigenvalue weighted by atomic mass is 10.3. The number of halogens is 1. The van der Waals surface area contributed by atoms with Crippen LogP contribution in [0, 0.1) is 13.8 Å². The third-order valence-corrected chi connectivity index (χ3v) is 4.48. The van der Waals surface area contributed by atoms with E-state index in [1.165, 1.54) is 0 Å². The van der Waals surface area contributed by atoms with E-state index in [-0.39, 0.29) is 5.91 Å². The smallest absolute Gasteiger partial charge is 0.268 e. The lowest BCUT2D eigenvalue weighted by Gasteiger charge is -2.08. The van der Waals surface area contributed by atoms with Crippen molar-refractivity contribution in [1.29, 1.82) is 0 Å². The van der Waals surface area contributed by atoms with Crippen LogP contribution in [-0.4, -0.2) is 31.6 Å². The Balaban J connectivity index is 1.71. The first-order valence-electron chi connectivity index (χ1n) is 7.35. The molecule has 0 aromatic carbocycles. The van der Waals surface area contributed by atoms with Crippen molar-refractivity contribution in [3.63, 3.8) is 0 Å². The number of rotatable bonds is 4. The number of aromatic nitrogens is 4. The quantitative estimate of drug-likeness (QED) is 0.761. The Kier molecular flexibility index (Phi) is 4.21. The van der Waals surface area contributed by atoms with Gasteiger partial charge in [-0.15, -0.1) is 0 Å². The molecule has 0 aliphatic rings. The number of amides is 1. The van der Waals surface area contributed by atoms with Crippen LogP contribution in [0.15, 0.2) is 29.1 Å². The second-order valence-corrected chi connectivity index (χ2v) is 6.44. The summed E-state index contributed by atoms with van der Waals surface area (Å²) in [4.78, 5) is 21.0. The van der Waals surface area contributed by atoms with Crippen LogP contribution < -0.4 is 5.32 Å². The van der Waals surface area contributed by atoms with Gasteiger partial charge in [0.15, 0.2) is 0 Å². The Bertz CT molecular complexity index is 880. The molecule has 1 amide bonds. The van der Waals surface area contributed by atoms with E-state index in [0.29, 0.717) is 18.8 Å². The summed E-state index contributed by atoms with van der Waals surface area (Å²) < 4.78 is 4.74. The first-order valence-corrected chi connectivity index (χ1v) is 8.14. The van der Waals surface area contributed by atoms with Crippen LogP contribution in [0.2, 0.25) is 0 Å². The van der Waals surface area contributed by atoms with Gasteiger partial charge in [-0.25, -0.2) is 9.97 Å². The molecular weight excluding hydrogens is 358 g/mol. The monoisotopic (exact) mass is 375 g/mol. The number of nitrogens with one attached hydrogen (secondary N) is 1. The summed E-state index contributed by atoms with van der Waals surface area (Å²) in [5.74, 6) is -0.101. The molecule has 3 aromatic rings. The van der Waals surface area contributed by atoms with E-state index in [4.69, 9.17) is 0 Å². The lowest BCUT2D eigenvalue weighted by molar-refractivity contribution is 0.0944. The standard InChI is InChI=1S/C16H18BrN5O/c1-10-11(2)22(9-20-10)5-4-18-16(23)14-7-12-6-13(17)8-19-15(12)21(14)3/h6-9H,4-5H2,1-3H3,(H,18,23). The second-order valence-electron chi connectivity index (χ2n) is 5.52. The highest BCUT2D eigenvalue weighted by Gasteiger charge is 2.14. The predicted molar refractivity (Wildman–Crippen MR) is 92.4 cm³/mol. The van der Waals surface area contributed by atoms with Crippen molar-refractivity contribution in [2.24, 2.45) is 7.05 Å². The van der Waals surface area contributed by atoms with E-state index in [1.54, 1.807) is 12.5 Å². The third-order valence-electron chi connectivity index (χ3n) is 4.05. The number of pyridine rings is 1. The third kappa shape index (κ3) is 3.01. The fourth-order valence-electron chi connectivity index (χ4n) is 2.56. The fraction of sp³-hybridized carbons (Fsp3) is 0.312. The number of nitrogens with zero attached hydrogens (tertiary/aromatic N) is 4. The predicted octanol–water partition coefficient (Wildman–Crippen LogP) is 2.58. The summed E-state index contributed by atoms with van der Waals surface area (Å²) in [6, 6.07) is 3.81. The maximum absolute atomic E-state index is 12.4. The first-order chi connectivity index (χ1) is 11.0. The van der Waals surface area contributed by atoms with E-state index in [2.05, 4.69) is 31.2 Å². The number of fused-ring (bicyclic) bond motifs is 1. The minimum absolute atomic E-state index is 0.101. The molecule has 23 heavy (non-hydrogen) atoms. The highest BCUT2D eigenvalue weighted by Crippen LogP contribution is 2.20. The molecule has 0 unspecified atom stereocenters. The summed E-state index contributed by atoms with van der Waals surface area (Å²) in [7, 11) is 1.85. The SMILES string of the molecule is Cc1ncn(CCNC(=O)c2cc3cc(Br)cnc3n2C)c1C. The number of hydrogen-bond acceptors (Lipinski definition) is 3. The largest absolute Gasteiger partial charge is 0.349 e. The van der Waals surface area contributed by atoms with Gasteiger partial charge in [0.05, 0.1) is 12.0 Å². The normalized spacial score (nSPS) is 11.1. The van der Waals surface area contributed by atoms with Gasteiger partial charge in [-0.2, -0.15) is 0 Å². The minimum Gasteiger partial charge on any atom is -0.349 e. The second kappa shape index (κ2) is 6.16. The molecule has 0 fully saturated rings. The molecule has 0 atom stereocenters. The minimum atomic E-state index is -0.101. The lowest BCUT2D eigenvalue weighted by Crippen LogP contribution is -2.28. The van der Waals surface area contributed by atoms with Crippen molar-refractivity contribution in [1.82, 2.24) is 24.4 Å². The summed E-state index contributed by atoms with van der Waals surface area (Å²) in [5, 5.41) is 3.89. The molecule has 0 aliphatic heterocycles. The Morgan fingerprint density at radius 1 is 1.30 bits per heavy atom. The van der Waals surface area contributed by atoms with Gasteiger partial charge in [0.25, 0.3) is 5.91 Å². The Labute approximate surface area is 142 Å². The average molecular weight is 376 g/mol. The molecule has 0 aliphatic carbocycles. The Morgan fingerprint density at radius 3 is 2.78 bits per heavy atom. The fourth-order valence-corrected chi connectivity index (χ4v) is 2.91. The first kappa shape index (κ1) is 15.7. The van der Waals surface area contributed by atoms with Crippen molar-refractivity contribution in [2.75, 3.05) is 6.54 Å². The van der Waals surface area contributed by atoms with Gasteiger partial charge in [0.2, 0.25) is 0 Å². The number of hydrogen-bond donors (Lipinski definition) is 1. The van der Waals surface area contributed by atoms with Gasteiger partial charge in [0.1, 0.15) is 11.3 Å². The number of imidazole rings is 1. The molecule has 3 rings (SSSR count). The van der Waals surface area contributed by atoms with Crippen LogP contribution >= 0.6 is 15.9 Å². The van der Waals surface area contributed by atoms with E-state index in [1.807, 2.05) is 42.2 Å². The van der Waals surface area contributed by atoms with Crippen LogP contribution in [0.1, 0.15) is 21.9 Å². The van der Waals surface area contributed by atoms with Gasteiger partial charge in [-0.1, -0.05) is 0 Å². The summed E-state index contributed by atoms with van der Waals surface area (Å²) in [6.45, 7) is 5.25. The van der Waals surface area contributed by atoms with Crippen molar-refractivity contribution in [3.05, 3.63) is 46.2 Å². The van der Waals surface area contributed by atoms with E-state index in [9.17, 15) is 4.79 Å². The molecule has 7 heteroatoms. The molecule has 0 bridgehead atoms. The molecular formula is C16H18BrN5O. The molecule has 0 spiro atoms. The summed E-state index contributed by atoms with van der Waals surface area (Å²) in [5.41, 5.74) is 3.53. The van der Waals surface area contributed by atoms with Gasteiger partial charge in [0, 0.05) is 41.9 Å². The van der Waals surface area contributed by atoms with E-state index < -0.39 is 0 Å². The summed E-state index contributed by atoms with van der Waals surface area (Å²) >= 11 is 3.40. The average Bonchev–Trinajstić information content (AvgIpc) is 3.01. The van der Waals surface area contributed by atoms with Gasteiger partial charge in [-0.05, 0) is 41.9 Å². The number of carbonyl (C=O) groups excluding carboxylic acids is 1. The van der Waals surface area contributed by atoms with E-state index >= 15 is 0 Å². The van der Waals surface area contributed by atoms with E-state index in [0.717, 1.165) is 26.9 Å². The molecule has 3 aromatic heterocycles. The topological polar surface area (TPSA) is 64.7 Å². The maximum Gasteiger partial charge on any atom is 0.268 e. The zero-order chi connectivity index (χ0) is 16.6. The van der Waals surface area contributed by atoms with Crippen LogP contribution in [0.25, 0.3) is 11.0 Å². The van der Waals surface area contributed by atoms with Crippen molar-refractivity contribution >= 4 is 32.9 Å². The highest BCUT2D eigenvalue weighted by molar-refractivity contribution is 9.10. The van der Waals surface area contributed by atoms with Gasteiger partial charge >= 0.3 is 0 Å². The van der Waals surface area contributed by atoms with Crippen LogP contribution in [-0.2, 0) is 13.6 Å². The Hall–Kier alpha value is -2.15. The molecule has 0 saturated heterocycles. The number of carbonyl (C=O) groups is 1. The van der Waals surface area contributed by atoms with Crippen LogP contribution in [0.4, 0.5) is 0 Å². The van der Waals surface area contributed by atoms with Crippen molar-refractivity contribution < 1.29 is 4.79 Å². The van der Waals surface area contributed by atoms with Crippen molar-refractivity contribution in [3.8, 4) is 0 Å². The molecule has 0 saturated carbocycles. The number of aryl methyl sites for hydroxylation is 2. The zero-order valence-electron chi connectivity index (χ0n) is 13.3. The van der Waals surface area contributed by atoms with Gasteiger partial charge < -0.3 is 14.5 Å². The highest BCUT2D eigenvalue weighted by atomic mass is 79.9. The Morgan fingerprint density at radius 2 is 2.09 bits per heavy atom. The zero-order valence-corrected chi connectivity index (χ0v) is 14.9. The van der Waals surface area contributed by atoms with Crippen LogP contribution in [0.5, 0.6) is 0 Å². The molecule has 0 radical (unpaired) electrons. The van der Waals surface area contributed by atoms with Crippen molar-refractivity contribution in [2.45, 2.75) is 20.4 Å². The molecule has 1 N–H and O–H groups in total. The maximum atomic E-state index is 12.4. The molecule has 3 heterocycles. The summed E-state index contributed by atoms with van der Waals surface area (Å²) in [6.07, 6.45) is 3.53. The molecule has 6 nitrogen and oxygen atoms in total.